The zero-order valence-corrected chi connectivity index (χ0v) is 11.5. The van der Waals surface area contributed by atoms with E-state index in [1.165, 1.54) is 19.3 Å². The monoisotopic (exact) mass is 235 g/mol. The Kier molecular flexibility index (Phi) is 3.57. The summed E-state index contributed by atoms with van der Waals surface area (Å²) in [6, 6.07) is 0.611. The molecular formula is C14H25N3. The molecule has 3 heteroatoms. The van der Waals surface area contributed by atoms with Crippen molar-refractivity contribution in [1.29, 1.82) is 0 Å². The lowest BCUT2D eigenvalue weighted by atomic mass is 9.80. The highest BCUT2D eigenvalue weighted by atomic mass is 15.1. The number of nitrogens with one attached hydrogen (secondary N) is 1. The minimum Gasteiger partial charge on any atom is -0.334 e. The zero-order valence-electron chi connectivity index (χ0n) is 11.5. The van der Waals surface area contributed by atoms with Crippen molar-refractivity contribution in [3.63, 3.8) is 0 Å². The second-order valence-corrected chi connectivity index (χ2v) is 6.35. The van der Waals surface area contributed by atoms with Gasteiger partial charge in [-0.05, 0) is 46.5 Å². The Labute approximate surface area is 105 Å². The van der Waals surface area contributed by atoms with Gasteiger partial charge >= 0.3 is 0 Å². The van der Waals surface area contributed by atoms with Gasteiger partial charge in [0.2, 0.25) is 0 Å². The van der Waals surface area contributed by atoms with Crippen molar-refractivity contribution in [1.82, 2.24) is 14.9 Å². The van der Waals surface area contributed by atoms with Crippen molar-refractivity contribution in [3.8, 4) is 0 Å². The van der Waals surface area contributed by atoms with E-state index in [4.69, 9.17) is 0 Å². The molecule has 0 bridgehead atoms. The molecule has 0 spiro atoms. The van der Waals surface area contributed by atoms with Gasteiger partial charge in [-0.1, -0.05) is 6.42 Å². The molecule has 17 heavy (non-hydrogen) atoms. The molecular weight excluding hydrogens is 210 g/mol. The average molecular weight is 235 g/mol. The molecule has 0 amide bonds. The van der Waals surface area contributed by atoms with Gasteiger partial charge < -0.3 is 9.88 Å². The Morgan fingerprint density at radius 2 is 2.18 bits per heavy atom. The fourth-order valence-electron chi connectivity index (χ4n) is 2.21. The van der Waals surface area contributed by atoms with E-state index in [-0.39, 0.29) is 5.54 Å². The normalized spacial score (nSPS) is 19.1. The Balaban J connectivity index is 1.91. The summed E-state index contributed by atoms with van der Waals surface area (Å²) in [5.74, 6) is 0.868. The lowest BCUT2D eigenvalue weighted by Crippen LogP contribution is -2.35. The molecule has 1 aliphatic rings. The van der Waals surface area contributed by atoms with Gasteiger partial charge in [0, 0.05) is 24.3 Å². The van der Waals surface area contributed by atoms with Crippen LogP contribution in [0.15, 0.2) is 12.5 Å². The van der Waals surface area contributed by atoms with E-state index in [9.17, 15) is 0 Å². The number of aromatic nitrogens is 2. The van der Waals surface area contributed by atoms with E-state index in [1.54, 1.807) is 0 Å². The van der Waals surface area contributed by atoms with Crippen LogP contribution in [0.3, 0.4) is 0 Å². The van der Waals surface area contributed by atoms with Crippen molar-refractivity contribution in [3.05, 3.63) is 18.2 Å². The first-order valence-corrected chi connectivity index (χ1v) is 6.73. The van der Waals surface area contributed by atoms with E-state index in [0.29, 0.717) is 6.04 Å². The van der Waals surface area contributed by atoms with E-state index in [1.807, 2.05) is 6.33 Å². The minimum absolute atomic E-state index is 0.156. The van der Waals surface area contributed by atoms with Crippen LogP contribution in [0.1, 0.15) is 58.7 Å². The van der Waals surface area contributed by atoms with E-state index in [0.717, 1.165) is 18.2 Å². The van der Waals surface area contributed by atoms with Crippen LogP contribution >= 0.6 is 0 Å². The molecule has 3 nitrogen and oxygen atoms in total. The van der Waals surface area contributed by atoms with Gasteiger partial charge in [-0.25, -0.2) is 4.98 Å². The number of hydrogen-bond acceptors (Lipinski definition) is 2. The molecule has 1 aliphatic carbocycles. The first-order chi connectivity index (χ1) is 7.96. The molecule has 1 atom stereocenters. The molecule has 1 N–H and O–H groups in total. The summed E-state index contributed by atoms with van der Waals surface area (Å²) in [5.41, 5.74) is 1.30. The van der Waals surface area contributed by atoms with Crippen LogP contribution in [0.4, 0.5) is 0 Å². The van der Waals surface area contributed by atoms with Gasteiger partial charge in [0.1, 0.15) is 0 Å². The maximum atomic E-state index is 4.48. The number of nitrogens with zero attached hydrogens (tertiary/aromatic N) is 2. The van der Waals surface area contributed by atoms with Crippen molar-refractivity contribution in [2.75, 3.05) is 0 Å². The van der Waals surface area contributed by atoms with Gasteiger partial charge in [0.15, 0.2) is 0 Å². The van der Waals surface area contributed by atoms with Crippen molar-refractivity contribution < 1.29 is 0 Å². The van der Waals surface area contributed by atoms with Crippen LogP contribution < -0.4 is 5.32 Å². The fourth-order valence-corrected chi connectivity index (χ4v) is 2.21. The first kappa shape index (κ1) is 12.6. The van der Waals surface area contributed by atoms with E-state index >= 15 is 0 Å². The second-order valence-electron chi connectivity index (χ2n) is 6.35. The van der Waals surface area contributed by atoms with Gasteiger partial charge in [0.05, 0.1) is 12.0 Å². The third-order valence-corrected chi connectivity index (χ3v) is 3.76. The highest BCUT2D eigenvalue weighted by Gasteiger charge is 2.25. The van der Waals surface area contributed by atoms with Crippen molar-refractivity contribution in [2.24, 2.45) is 5.92 Å². The third-order valence-electron chi connectivity index (χ3n) is 3.76. The van der Waals surface area contributed by atoms with Crippen LogP contribution in [0.2, 0.25) is 0 Å². The average Bonchev–Trinajstić information content (AvgIpc) is 2.58. The van der Waals surface area contributed by atoms with Crippen LogP contribution in [-0.2, 0) is 6.54 Å². The molecule has 0 aromatic carbocycles. The third kappa shape index (κ3) is 3.32. The molecule has 1 aromatic rings. The maximum absolute atomic E-state index is 4.48. The zero-order chi connectivity index (χ0) is 12.5. The summed E-state index contributed by atoms with van der Waals surface area (Å²) in [6.45, 7) is 9.71. The SMILES string of the molecule is CC(C1CCC1)n1cnc(CNC(C)(C)C)c1. The van der Waals surface area contributed by atoms with Crippen LogP contribution in [0, 0.1) is 5.92 Å². The molecule has 1 aromatic heterocycles. The minimum atomic E-state index is 0.156. The van der Waals surface area contributed by atoms with Crippen molar-refractivity contribution in [2.45, 2.75) is 65.1 Å². The highest BCUT2D eigenvalue weighted by Crippen LogP contribution is 2.35. The standard InChI is InChI=1S/C14H25N3/c1-11(12-6-5-7-12)17-9-13(15-10-17)8-16-14(2,3)4/h9-12,16H,5-8H2,1-4H3. The highest BCUT2D eigenvalue weighted by molar-refractivity contribution is 4.99. The van der Waals surface area contributed by atoms with Gasteiger partial charge in [-0.2, -0.15) is 0 Å². The Morgan fingerprint density at radius 3 is 2.71 bits per heavy atom. The molecule has 0 aliphatic heterocycles. The Hall–Kier alpha value is -0.830. The van der Waals surface area contributed by atoms with Gasteiger partial charge in [-0.15, -0.1) is 0 Å². The predicted molar refractivity (Wildman–Crippen MR) is 70.9 cm³/mol. The van der Waals surface area contributed by atoms with Crippen LogP contribution in [0.5, 0.6) is 0 Å². The molecule has 96 valence electrons. The van der Waals surface area contributed by atoms with Gasteiger partial charge in [-0.3, -0.25) is 0 Å². The number of rotatable bonds is 4. The Morgan fingerprint density at radius 1 is 1.47 bits per heavy atom. The summed E-state index contributed by atoms with van der Waals surface area (Å²) in [5, 5.41) is 3.47. The summed E-state index contributed by atoms with van der Waals surface area (Å²) >= 11 is 0. The first-order valence-electron chi connectivity index (χ1n) is 6.73. The largest absolute Gasteiger partial charge is 0.334 e. The van der Waals surface area contributed by atoms with Crippen molar-refractivity contribution >= 4 is 0 Å². The Bertz CT molecular complexity index is 358. The predicted octanol–water partition coefficient (Wildman–Crippen LogP) is 3.13. The summed E-state index contributed by atoms with van der Waals surface area (Å²) in [4.78, 5) is 4.48. The van der Waals surface area contributed by atoms with Gasteiger partial charge in [0.25, 0.3) is 0 Å². The van der Waals surface area contributed by atoms with E-state index in [2.05, 4.69) is 48.8 Å². The lowest BCUT2D eigenvalue weighted by Gasteiger charge is -2.32. The van der Waals surface area contributed by atoms with E-state index < -0.39 is 0 Å². The topological polar surface area (TPSA) is 29.9 Å². The van der Waals surface area contributed by atoms with Crippen LogP contribution in [0.25, 0.3) is 0 Å². The molecule has 1 saturated carbocycles. The number of hydrogen-bond donors (Lipinski definition) is 1. The lowest BCUT2D eigenvalue weighted by molar-refractivity contribution is 0.222. The molecule has 0 saturated heterocycles. The molecule has 1 fully saturated rings. The quantitative estimate of drug-likeness (QED) is 0.869. The van der Waals surface area contributed by atoms with Crippen LogP contribution in [-0.4, -0.2) is 15.1 Å². The number of imidazole rings is 1. The smallest absolute Gasteiger partial charge is 0.0952 e. The molecule has 1 heterocycles. The second kappa shape index (κ2) is 4.81. The molecule has 1 unspecified atom stereocenters. The summed E-state index contributed by atoms with van der Waals surface area (Å²) < 4.78 is 2.28. The molecule has 2 rings (SSSR count). The maximum Gasteiger partial charge on any atom is 0.0952 e. The summed E-state index contributed by atoms with van der Waals surface area (Å²) in [6.07, 6.45) is 8.36. The fraction of sp³-hybridized carbons (Fsp3) is 0.786. The molecule has 0 radical (unpaired) electrons. The summed E-state index contributed by atoms with van der Waals surface area (Å²) in [7, 11) is 0.